The predicted octanol–water partition coefficient (Wildman–Crippen LogP) is 3.48. The van der Waals surface area contributed by atoms with Crippen LogP contribution in [0.5, 0.6) is 0 Å². The Morgan fingerprint density at radius 1 is 1.25 bits per heavy atom. The molecule has 0 fully saturated rings. The van der Waals surface area contributed by atoms with E-state index in [1.807, 2.05) is 13.8 Å². The Labute approximate surface area is 90.7 Å². The molecule has 0 radical (unpaired) electrons. The maximum absolute atomic E-state index is 12.6. The fourth-order valence-corrected chi connectivity index (χ4v) is 1.66. The average Bonchev–Trinajstić information content (AvgIpc) is 2.61. The molecule has 2 nitrogen and oxygen atoms in total. The molecule has 0 spiro atoms. The molecule has 0 aliphatic rings. The van der Waals surface area contributed by atoms with Crippen LogP contribution in [0, 0.1) is 0 Å². The van der Waals surface area contributed by atoms with Gasteiger partial charge in [0.1, 0.15) is 5.65 Å². The molecule has 0 aliphatic carbocycles. The first-order valence-corrected chi connectivity index (χ1v) is 4.94. The molecule has 0 atom stereocenters. The molecule has 0 N–H and O–H groups in total. The van der Waals surface area contributed by atoms with E-state index in [0.29, 0.717) is 11.3 Å². The summed E-state index contributed by atoms with van der Waals surface area (Å²) >= 11 is 0. The van der Waals surface area contributed by atoms with Crippen LogP contribution < -0.4 is 0 Å². The molecule has 0 saturated carbocycles. The highest BCUT2D eigenvalue weighted by Gasteiger charge is 2.31. The van der Waals surface area contributed by atoms with Crippen LogP contribution in [0.15, 0.2) is 24.5 Å². The highest BCUT2D eigenvalue weighted by molar-refractivity contribution is 5.45. The third-order valence-electron chi connectivity index (χ3n) is 2.45. The summed E-state index contributed by atoms with van der Waals surface area (Å²) in [5.74, 6) is 0.0130. The fourth-order valence-electron chi connectivity index (χ4n) is 1.66. The average molecular weight is 228 g/mol. The Morgan fingerprint density at radius 2 is 1.94 bits per heavy atom. The van der Waals surface area contributed by atoms with Crippen LogP contribution >= 0.6 is 0 Å². The lowest BCUT2D eigenvalue weighted by atomic mass is 10.1. The number of nitrogens with zero attached hydrogens (tertiary/aromatic N) is 2. The quantitative estimate of drug-likeness (QED) is 0.730. The van der Waals surface area contributed by atoms with E-state index < -0.39 is 11.7 Å². The smallest absolute Gasteiger partial charge is 0.304 e. The summed E-state index contributed by atoms with van der Waals surface area (Å²) in [4.78, 5) is 3.90. The van der Waals surface area contributed by atoms with Gasteiger partial charge in [-0.1, -0.05) is 13.8 Å². The highest BCUT2D eigenvalue weighted by atomic mass is 19.4. The van der Waals surface area contributed by atoms with Crippen LogP contribution in [-0.4, -0.2) is 9.38 Å². The van der Waals surface area contributed by atoms with E-state index in [0.717, 1.165) is 6.07 Å². The van der Waals surface area contributed by atoms with Gasteiger partial charge in [0.05, 0.1) is 5.56 Å². The molecule has 0 amide bonds. The van der Waals surface area contributed by atoms with Gasteiger partial charge in [0.15, 0.2) is 0 Å². The number of halogens is 3. The summed E-state index contributed by atoms with van der Waals surface area (Å²) in [7, 11) is 0. The van der Waals surface area contributed by atoms with Gasteiger partial charge in [-0.05, 0) is 18.1 Å². The van der Waals surface area contributed by atoms with Gasteiger partial charge in [0.25, 0.3) is 0 Å². The molecule has 86 valence electrons. The zero-order chi connectivity index (χ0) is 11.9. The molecule has 5 heteroatoms. The molecular weight excluding hydrogens is 217 g/mol. The van der Waals surface area contributed by atoms with Crippen molar-refractivity contribution < 1.29 is 13.2 Å². The maximum Gasteiger partial charge on any atom is 0.416 e. The van der Waals surface area contributed by atoms with Gasteiger partial charge in [0.2, 0.25) is 0 Å². The Hall–Kier alpha value is -1.52. The molecule has 2 rings (SSSR count). The van der Waals surface area contributed by atoms with Crippen molar-refractivity contribution in [2.45, 2.75) is 25.9 Å². The van der Waals surface area contributed by atoms with Crippen molar-refractivity contribution in [1.29, 1.82) is 0 Å². The van der Waals surface area contributed by atoms with Crippen molar-refractivity contribution in [3.8, 4) is 0 Å². The number of alkyl halides is 3. The first-order chi connectivity index (χ1) is 7.39. The van der Waals surface area contributed by atoms with Crippen molar-refractivity contribution in [3.05, 3.63) is 35.8 Å². The zero-order valence-electron chi connectivity index (χ0n) is 8.92. The van der Waals surface area contributed by atoms with Crippen LogP contribution in [0.4, 0.5) is 13.2 Å². The van der Waals surface area contributed by atoms with Crippen molar-refractivity contribution in [2.75, 3.05) is 0 Å². The summed E-state index contributed by atoms with van der Waals surface area (Å²) in [5, 5.41) is 0. The number of imidazole rings is 1. The van der Waals surface area contributed by atoms with Gasteiger partial charge in [-0.25, -0.2) is 4.98 Å². The van der Waals surface area contributed by atoms with Crippen LogP contribution in [0.25, 0.3) is 5.65 Å². The molecule has 0 bridgehead atoms. The van der Waals surface area contributed by atoms with Crippen LogP contribution in [0.1, 0.15) is 31.0 Å². The van der Waals surface area contributed by atoms with Gasteiger partial charge < -0.3 is 4.40 Å². The largest absolute Gasteiger partial charge is 0.416 e. The molecule has 2 heterocycles. The van der Waals surface area contributed by atoms with Crippen molar-refractivity contribution >= 4 is 5.65 Å². The molecule has 16 heavy (non-hydrogen) atoms. The minimum absolute atomic E-state index is 0.0130. The third kappa shape index (κ3) is 1.77. The Kier molecular flexibility index (Phi) is 2.40. The van der Waals surface area contributed by atoms with E-state index in [1.165, 1.54) is 12.3 Å². The van der Waals surface area contributed by atoms with E-state index in [2.05, 4.69) is 4.98 Å². The normalized spacial score (nSPS) is 12.6. The van der Waals surface area contributed by atoms with Crippen LogP contribution in [0.2, 0.25) is 0 Å². The van der Waals surface area contributed by atoms with E-state index >= 15 is 0 Å². The number of fused-ring (bicyclic) bond motifs is 1. The van der Waals surface area contributed by atoms with Crippen molar-refractivity contribution in [2.24, 2.45) is 0 Å². The van der Waals surface area contributed by atoms with Gasteiger partial charge in [-0.3, -0.25) is 0 Å². The predicted molar refractivity (Wildman–Crippen MR) is 54.3 cm³/mol. The Morgan fingerprint density at radius 3 is 2.50 bits per heavy atom. The summed E-state index contributed by atoms with van der Waals surface area (Å²) in [6, 6.07) is 2.24. The molecule has 2 aromatic rings. The first-order valence-electron chi connectivity index (χ1n) is 4.94. The fraction of sp³-hybridized carbons (Fsp3) is 0.364. The molecule has 0 unspecified atom stereocenters. The van der Waals surface area contributed by atoms with E-state index in [4.69, 9.17) is 0 Å². The molecule has 0 saturated heterocycles. The van der Waals surface area contributed by atoms with E-state index in [-0.39, 0.29) is 5.92 Å². The summed E-state index contributed by atoms with van der Waals surface area (Å²) in [6.45, 7) is 3.71. The lowest BCUT2D eigenvalue weighted by Crippen LogP contribution is -2.09. The lowest BCUT2D eigenvalue weighted by molar-refractivity contribution is -0.137. The molecular formula is C11H11F3N2. The second kappa shape index (κ2) is 3.50. The first kappa shape index (κ1) is 11.0. The van der Waals surface area contributed by atoms with Gasteiger partial charge in [-0.15, -0.1) is 0 Å². The third-order valence-corrected chi connectivity index (χ3v) is 2.45. The maximum atomic E-state index is 12.6. The number of aromatic nitrogens is 2. The zero-order valence-corrected chi connectivity index (χ0v) is 8.92. The Balaban J connectivity index is 2.71. The van der Waals surface area contributed by atoms with Gasteiger partial charge >= 0.3 is 6.18 Å². The molecule has 0 aliphatic heterocycles. The van der Waals surface area contributed by atoms with Gasteiger partial charge in [0, 0.05) is 18.1 Å². The molecule has 0 aromatic carbocycles. The lowest BCUT2D eigenvalue weighted by Gasteiger charge is -2.13. The van der Waals surface area contributed by atoms with Crippen LogP contribution in [0.3, 0.4) is 0 Å². The summed E-state index contributed by atoms with van der Waals surface area (Å²) in [6.07, 6.45) is -1.15. The number of hydrogen-bond acceptors (Lipinski definition) is 1. The molecule has 2 aromatic heterocycles. The van der Waals surface area contributed by atoms with Crippen LogP contribution in [-0.2, 0) is 6.18 Å². The minimum atomic E-state index is -4.32. The highest BCUT2D eigenvalue weighted by Crippen LogP contribution is 2.32. The SMILES string of the molecule is CC(C)c1cc(C(F)(F)F)cc2nccn12. The second-order valence-corrected chi connectivity index (χ2v) is 3.98. The minimum Gasteiger partial charge on any atom is -0.304 e. The van der Waals surface area contributed by atoms with E-state index in [1.54, 1.807) is 10.6 Å². The van der Waals surface area contributed by atoms with Crippen molar-refractivity contribution in [3.63, 3.8) is 0 Å². The topological polar surface area (TPSA) is 17.3 Å². The number of rotatable bonds is 1. The van der Waals surface area contributed by atoms with Crippen molar-refractivity contribution in [1.82, 2.24) is 9.38 Å². The summed E-state index contributed by atoms with van der Waals surface area (Å²) in [5.41, 5.74) is 0.302. The Bertz CT molecular complexity index is 511. The van der Waals surface area contributed by atoms with E-state index in [9.17, 15) is 13.2 Å². The summed E-state index contributed by atoms with van der Waals surface area (Å²) < 4.78 is 39.6. The number of hydrogen-bond donors (Lipinski definition) is 0. The number of pyridine rings is 1. The monoisotopic (exact) mass is 228 g/mol. The van der Waals surface area contributed by atoms with Gasteiger partial charge in [-0.2, -0.15) is 13.2 Å². The second-order valence-electron chi connectivity index (χ2n) is 3.98. The standard InChI is InChI=1S/C11H11F3N2/c1-7(2)9-5-8(11(12,13)14)6-10-15-3-4-16(9)10/h3-7H,1-2H3.